The van der Waals surface area contributed by atoms with E-state index in [1.807, 2.05) is 66.4 Å². The van der Waals surface area contributed by atoms with Gasteiger partial charge >= 0.3 is 270 Å². The predicted octanol–water partition coefficient (Wildman–Crippen LogP) is 6.44. The first kappa shape index (κ1) is 32.5. The van der Waals surface area contributed by atoms with Gasteiger partial charge in [-0.25, -0.2) is 0 Å². The number of hydrogen-bond donors (Lipinski definition) is 0. The molecule has 1 heterocycles. The van der Waals surface area contributed by atoms with Gasteiger partial charge in [-0.1, -0.05) is 0 Å². The van der Waals surface area contributed by atoms with Gasteiger partial charge in [0.25, 0.3) is 0 Å². The summed E-state index contributed by atoms with van der Waals surface area (Å²) in [6.45, 7) is 10.2. The summed E-state index contributed by atoms with van der Waals surface area (Å²) in [5.74, 6) is 0. The van der Waals surface area contributed by atoms with Crippen molar-refractivity contribution in [3.8, 4) is 0 Å². The van der Waals surface area contributed by atoms with Gasteiger partial charge in [-0.05, 0) is 0 Å². The van der Waals surface area contributed by atoms with E-state index in [-0.39, 0.29) is 38.3 Å². The van der Waals surface area contributed by atoms with Crippen LogP contribution in [-0.2, 0) is 43.2 Å². The topological polar surface area (TPSA) is 46.2 Å². The fraction of sp³-hybridized carbons (Fsp3) is 0.297. The molecule has 0 radical (unpaired) electrons. The number of hydrogen-bond acceptors (Lipinski definition) is 5. The molecule has 0 N–H and O–H groups in total. The van der Waals surface area contributed by atoms with Crippen molar-refractivity contribution >= 4 is 27.7 Å². The van der Waals surface area contributed by atoms with Crippen molar-refractivity contribution < 1.29 is 23.4 Å². The van der Waals surface area contributed by atoms with E-state index in [9.17, 15) is 0 Å². The summed E-state index contributed by atoms with van der Waals surface area (Å²) in [5, 5.41) is -0.209. The molecule has 5 atom stereocenters. The summed E-state index contributed by atoms with van der Waals surface area (Å²) in [6, 6.07) is 41.2. The van der Waals surface area contributed by atoms with E-state index in [1.165, 1.54) is 4.46 Å². The minimum atomic E-state index is -2.25. The summed E-state index contributed by atoms with van der Waals surface area (Å²) in [7, 11) is -2.25. The summed E-state index contributed by atoms with van der Waals surface area (Å²) < 4.78 is 35.1. The van der Waals surface area contributed by atoms with Crippen molar-refractivity contribution in [1.29, 1.82) is 0 Å². The van der Waals surface area contributed by atoms with Crippen molar-refractivity contribution in [2.75, 3.05) is 6.61 Å². The zero-order chi connectivity index (χ0) is 30.6. The van der Waals surface area contributed by atoms with E-state index in [0.717, 1.165) is 16.7 Å². The van der Waals surface area contributed by atoms with Crippen LogP contribution in [0.4, 0.5) is 0 Å². The molecule has 44 heavy (non-hydrogen) atoms. The first-order valence-corrected chi connectivity index (χ1v) is 20.0. The second-order valence-electron chi connectivity index (χ2n) is 11.4. The molecule has 0 aliphatic carbocycles. The van der Waals surface area contributed by atoms with Gasteiger partial charge in [0, 0.05) is 0 Å². The molecule has 1 fully saturated rings. The molecule has 5 rings (SSSR count). The second kappa shape index (κ2) is 16.5. The molecule has 0 bridgehead atoms. The molecule has 1 aliphatic heterocycles. The molecule has 1 saturated heterocycles. The van der Waals surface area contributed by atoms with Crippen LogP contribution in [0.25, 0.3) is 0 Å². The number of ether oxygens (including phenoxy) is 4. The van der Waals surface area contributed by atoms with E-state index in [2.05, 4.69) is 80.3 Å². The van der Waals surface area contributed by atoms with Gasteiger partial charge in [0.2, 0.25) is 0 Å². The van der Waals surface area contributed by atoms with Crippen molar-refractivity contribution in [2.45, 2.75) is 62.3 Å². The molecule has 4 aromatic carbocycles. The summed E-state index contributed by atoms with van der Waals surface area (Å²) in [6.07, 6.45) is -1.51. The van der Waals surface area contributed by atoms with Crippen LogP contribution in [0.15, 0.2) is 134 Å². The Kier molecular flexibility index (Phi) is 12.2. The zero-order valence-corrected chi connectivity index (χ0v) is 28.2. The van der Waals surface area contributed by atoms with E-state index >= 15 is 0 Å². The SMILES string of the molecule is C=C[Si](C)(C)O[C@H]1[C@@H](OCc2ccccc2)[C@H](OCc2ccccc2)[C@@H](COCc2ccccc2)O[C@H]1[Se]c1ccccc1. The second-order valence-corrected chi connectivity index (χ2v) is 17.7. The van der Waals surface area contributed by atoms with Crippen LogP contribution >= 0.6 is 0 Å². The molecule has 1 aliphatic rings. The Morgan fingerprint density at radius 3 is 1.66 bits per heavy atom. The van der Waals surface area contributed by atoms with Crippen molar-refractivity contribution in [3.05, 3.63) is 150 Å². The minimum absolute atomic E-state index is 0.0476. The van der Waals surface area contributed by atoms with Crippen molar-refractivity contribution in [2.24, 2.45) is 0 Å². The average molecular weight is 674 g/mol. The van der Waals surface area contributed by atoms with Gasteiger partial charge in [-0.2, -0.15) is 0 Å². The van der Waals surface area contributed by atoms with Gasteiger partial charge in [0.05, 0.1) is 0 Å². The molecule has 7 heteroatoms. The Bertz CT molecular complexity index is 1390. The molecule has 0 unspecified atom stereocenters. The molecule has 230 valence electrons. The van der Waals surface area contributed by atoms with Crippen LogP contribution in [0.1, 0.15) is 16.7 Å². The third-order valence-electron chi connectivity index (χ3n) is 7.48. The predicted molar refractivity (Wildman–Crippen MR) is 179 cm³/mol. The Morgan fingerprint density at radius 1 is 0.659 bits per heavy atom. The van der Waals surface area contributed by atoms with E-state index < -0.39 is 14.4 Å². The van der Waals surface area contributed by atoms with Crippen LogP contribution in [0.5, 0.6) is 0 Å². The maximum atomic E-state index is 6.98. The average Bonchev–Trinajstić information content (AvgIpc) is 3.06. The van der Waals surface area contributed by atoms with Crippen LogP contribution in [0, 0.1) is 0 Å². The maximum absolute atomic E-state index is 6.98. The molecule has 0 saturated carbocycles. The summed E-state index contributed by atoms with van der Waals surface area (Å²) >= 11 is -0.0476. The standard InChI is InChI=1S/C37H42O5SeSi/c1-4-44(2,3)42-36-35(40-27-31-21-13-7-14-22-31)34(39-26-30-19-11-6-12-20-30)33(28-38-25-29-17-9-5-10-18-29)41-37(36)43-32-23-15-8-16-24-32/h4-24,33-37H,1,25-28H2,2-3H3/t33-,34-,35+,36+,37+/m1/s1. The van der Waals surface area contributed by atoms with Gasteiger partial charge in [0.1, 0.15) is 0 Å². The molecule has 4 aromatic rings. The Balaban J connectivity index is 1.47. The van der Waals surface area contributed by atoms with E-state index in [1.54, 1.807) is 0 Å². The summed E-state index contributed by atoms with van der Waals surface area (Å²) in [5.41, 5.74) is 5.28. The zero-order valence-electron chi connectivity index (χ0n) is 25.5. The van der Waals surface area contributed by atoms with Crippen LogP contribution in [-0.4, -0.2) is 59.3 Å². The van der Waals surface area contributed by atoms with E-state index in [4.69, 9.17) is 23.4 Å². The monoisotopic (exact) mass is 674 g/mol. The fourth-order valence-corrected chi connectivity index (χ4v) is 8.69. The molecule has 0 spiro atoms. The normalized spacial score (nSPS) is 22.0. The van der Waals surface area contributed by atoms with Gasteiger partial charge < -0.3 is 0 Å². The molecule has 0 amide bonds. The number of rotatable bonds is 15. The third kappa shape index (κ3) is 9.58. The molecular weight excluding hydrogens is 631 g/mol. The van der Waals surface area contributed by atoms with Crippen LogP contribution < -0.4 is 4.46 Å². The van der Waals surface area contributed by atoms with Gasteiger partial charge in [-0.3, -0.25) is 0 Å². The Morgan fingerprint density at radius 2 is 1.14 bits per heavy atom. The molecular formula is C37H42O5SeSi. The first-order chi connectivity index (χ1) is 21.5. The van der Waals surface area contributed by atoms with Gasteiger partial charge in [-0.15, -0.1) is 0 Å². The number of benzene rings is 4. The Hall–Kier alpha value is -2.84. The van der Waals surface area contributed by atoms with Crippen LogP contribution in [0.3, 0.4) is 0 Å². The van der Waals surface area contributed by atoms with Crippen LogP contribution in [0.2, 0.25) is 13.1 Å². The van der Waals surface area contributed by atoms with Crippen molar-refractivity contribution in [3.63, 3.8) is 0 Å². The van der Waals surface area contributed by atoms with Crippen molar-refractivity contribution in [1.82, 2.24) is 0 Å². The first-order valence-electron chi connectivity index (χ1n) is 15.1. The van der Waals surface area contributed by atoms with Gasteiger partial charge in [0.15, 0.2) is 0 Å². The Labute approximate surface area is 269 Å². The summed E-state index contributed by atoms with van der Waals surface area (Å²) in [4.78, 5) is 0. The fourth-order valence-electron chi connectivity index (χ4n) is 5.06. The molecule has 5 nitrogen and oxygen atoms in total. The van der Waals surface area contributed by atoms with E-state index in [0.29, 0.717) is 26.4 Å². The quantitative estimate of drug-likeness (QED) is 0.136. The third-order valence-corrected chi connectivity index (χ3v) is 11.8. The molecule has 0 aromatic heterocycles.